The first-order valence-corrected chi connectivity index (χ1v) is 10.4. The number of ether oxygens (including phenoxy) is 2. The minimum atomic E-state index is -0.306. The lowest BCUT2D eigenvalue weighted by Crippen LogP contribution is -2.46. The van der Waals surface area contributed by atoms with E-state index < -0.39 is 0 Å². The number of aryl methyl sites for hydroxylation is 1. The van der Waals surface area contributed by atoms with Gasteiger partial charge in [0, 0.05) is 45.4 Å². The Balaban J connectivity index is 1.27. The van der Waals surface area contributed by atoms with Crippen LogP contribution in [0.3, 0.4) is 0 Å². The molecule has 4 rings (SSSR count). The Morgan fingerprint density at radius 2 is 2.09 bits per heavy atom. The molecule has 9 nitrogen and oxygen atoms in total. The molecule has 0 saturated carbocycles. The molecule has 2 aromatic heterocycles. The minimum absolute atomic E-state index is 0.204. The topological polar surface area (TPSA) is 98.5 Å². The van der Waals surface area contributed by atoms with Crippen molar-refractivity contribution in [2.75, 3.05) is 14.2 Å². The molecule has 0 aliphatic carbocycles. The Kier molecular flexibility index (Phi) is 6.90. The molecule has 3 heterocycles. The maximum atomic E-state index is 13.0. The zero-order chi connectivity index (χ0) is 22.3. The fraction of sp³-hybridized carbons (Fsp3) is 0.364. The van der Waals surface area contributed by atoms with Gasteiger partial charge in [-0.05, 0) is 36.2 Å². The Morgan fingerprint density at radius 3 is 2.81 bits per heavy atom. The number of aliphatic imine (C=N–C) groups is 1. The highest BCUT2D eigenvalue weighted by atomic mass is 19.1. The van der Waals surface area contributed by atoms with E-state index in [4.69, 9.17) is 9.47 Å². The van der Waals surface area contributed by atoms with E-state index in [0.717, 1.165) is 30.8 Å². The number of nitrogens with zero attached hydrogens (tertiary/aromatic N) is 5. The van der Waals surface area contributed by atoms with Gasteiger partial charge in [0.1, 0.15) is 24.0 Å². The van der Waals surface area contributed by atoms with E-state index >= 15 is 0 Å². The van der Waals surface area contributed by atoms with Crippen LogP contribution in [0.5, 0.6) is 11.6 Å². The Morgan fingerprint density at radius 1 is 1.25 bits per heavy atom. The Labute approximate surface area is 185 Å². The van der Waals surface area contributed by atoms with Crippen LogP contribution in [0.15, 0.2) is 47.6 Å². The van der Waals surface area contributed by atoms with Gasteiger partial charge in [-0.15, -0.1) is 0 Å². The molecular weight excluding hydrogens is 413 g/mol. The maximum absolute atomic E-state index is 13.0. The number of fused-ring (bicyclic) bond motifs is 1. The van der Waals surface area contributed by atoms with Crippen molar-refractivity contribution in [3.8, 4) is 11.6 Å². The van der Waals surface area contributed by atoms with Crippen LogP contribution in [0, 0.1) is 5.82 Å². The van der Waals surface area contributed by atoms with Gasteiger partial charge in [-0.1, -0.05) is 6.07 Å². The standard InChI is InChI=1S/C22H26FN7O2/c1-24-22(27-17-6-9-20-28-19(14-31-2)29-30(20)13-17)26-12-15-3-10-21(25-11-15)32-18-7-4-16(23)5-8-18/h3-5,7-8,10-11,17H,6,9,12-14H2,1-2H3,(H2,24,26,27). The molecule has 1 unspecified atom stereocenters. The van der Waals surface area contributed by atoms with Gasteiger partial charge in [-0.3, -0.25) is 4.99 Å². The Hall–Kier alpha value is -3.53. The molecule has 0 bridgehead atoms. The van der Waals surface area contributed by atoms with Crippen molar-refractivity contribution in [3.05, 3.63) is 65.6 Å². The number of methoxy groups -OCH3 is 1. The first-order valence-electron chi connectivity index (χ1n) is 10.4. The van der Waals surface area contributed by atoms with E-state index in [1.54, 1.807) is 38.6 Å². The second-order valence-electron chi connectivity index (χ2n) is 7.43. The van der Waals surface area contributed by atoms with Crippen LogP contribution in [0.25, 0.3) is 0 Å². The summed E-state index contributed by atoms with van der Waals surface area (Å²) < 4.78 is 25.7. The van der Waals surface area contributed by atoms with Crippen molar-refractivity contribution in [2.24, 2.45) is 4.99 Å². The van der Waals surface area contributed by atoms with Gasteiger partial charge >= 0.3 is 0 Å². The molecule has 1 atom stereocenters. The highest BCUT2D eigenvalue weighted by molar-refractivity contribution is 5.79. The summed E-state index contributed by atoms with van der Waals surface area (Å²) in [6, 6.07) is 9.73. The number of hydrogen-bond donors (Lipinski definition) is 2. The molecule has 10 heteroatoms. The first-order chi connectivity index (χ1) is 15.6. The summed E-state index contributed by atoms with van der Waals surface area (Å²) in [4.78, 5) is 13.1. The third kappa shape index (κ3) is 5.58. The van der Waals surface area contributed by atoms with Crippen molar-refractivity contribution in [1.29, 1.82) is 0 Å². The molecule has 1 aliphatic heterocycles. The summed E-state index contributed by atoms with van der Waals surface area (Å²) in [5.74, 6) is 3.09. The molecule has 1 aliphatic rings. The third-order valence-electron chi connectivity index (χ3n) is 5.03. The fourth-order valence-corrected chi connectivity index (χ4v) is 3.44. The fourth-order valence-electron chi connectivity index (χ4n) is 3.44. The summed E-state index contributed by atoms with van der Waals surface area (Å²) in [5.41, 5.74) is 0.978. The van der Waals surface area contributed by atoms with E-state index in [1.807, 2.05) is 10.7 Å². The van der Waals surface area contributed by atoms with Crippen molar-refractivity contribution in [3.63, 3.8) is 0 Å². The van der Waals surface area contributed by atoms with Gasteiger partial charge in [-0.2, -0.15) is 5.10 Å². The number of pyridine rings is 1. The largest absolute Gasteiger partial charge is 0.439 e. The van der Waals surface area contributed by atoms with Crippen molar-refractivity contribution in [1.82, 2.24) is 30.4 Å². The van der Waals surface area contributed by atoms with E-state index in [9.17, 15) is 4.39 Å². The summed E-state index contributed by atoms with van der Waals surface area (Å²) in [6.45, 7) is 1.70. The lowest BCUT2D eigenvalue weighted by molar-refractivity contribution is 0.177. The number of aromatic nitrogens is 4. The van der Waals surface area contributed by atoms with Crippen molar-refractivity contribution in [2.45, 2.75) is 38.6 Å². The molecule has 2 N–H and O–H groups in total. The average Bonchev–Trinajstić information content (AvgIpc) is 3.21. The maximum Gasteiger partial charge on any atom is 0.219 e. The van der Waals surface area contributed by atoms with E-state index in [2.05, 4.69) is 30.7 Å². The number of halogens is 1. The number of nitrogens with one attached hydrogen (secondary N) is 2. The van der Waals surface area contributed by atoms with Crippen LogP contribution >= 0.6 is 0 Å². The lowest BCUT2D eigenvalue weighted by atomic mass is 10.1. The highest BCUT2D eigenvalue weighted by Crippen LogP contribution is 2.19. The third-order valence-corrected chi connectivity index (χ3v) is 5.03. The molecular formula is C22H26FN7O2. The predicted octanol–water partition coefficient (Wildman–Crippen LogP) is 2.43. The SMILES string of the molecule is CN=C(NCc1ccc(Oc2ccc(F)cc2)nc1)NC1CCc2nc(COC)nn2C1. The van der Waals surface area contributed by atoms with Gasteiger partial charge < -0.3 is 20.1 Å². The van der Waals surface area contributed by atoms with Crippen LogP contribution in [0.1, 0.15) is 23.6 Å². The first kappa shape index (κ1) is 21.7. The molecule has 1 aromatic carbocycles. The second-order valence-corrected chi connectivity index (χ2v) is 7.43. The molecule has 0 radical (unpaired) electrons. The monoisotopic (exact) mass is 439 g/mol. The Bertz CT molecular complexity index is 1050. The summed E-state index contributed by atoms with van der Waals surface area (Å²) >= 11 is 0. The van der Waals surface area contributed by atoms with E-state index in [-0.39, 0.29) is 11.9 Å². The average molecular weight is 439 g/mol. The molecule has 0 fully saturated rings. The quantitative estimate of drug-likeness (QED) is 0.431. The molecule has 0 saturated heterocycles. The van der Waals surface area contributed by atoms with E-state index in [1.165, 1.54) is 12.1 Å². The number of guanidine groups is 1. The summed E-state index contributed by atoms with van der Waals surface area (Å²) in [7, 11) is 3.38. The molecule has 0 spiro atoms. The highest BCUT2D eigenvalue weighted by Gasteiger charge is 2.22. The van der Waals surface area contributed by atoms with Gasteiger partial charge in [0.25, 0.3) is 0 Å². The van der Waals surface area contributed by atoms with Crippen LogP contribution in [-0.4, -0.2) is 45.9 Å². The minimum Gasteiger partial charge on any atom is -0.439 e. The lowest BCUT2D eigenvalue weighted by Gasteiger charge is -2.25. The van der Waals surface area contributed by atoms with Crippen LogP contribution < -0.4 is 15.4 Å². The van der Waals surface area contributed by atoms with Gasteiger partial charge in [0.15, 0.2) is 11.8 Å². The van der Waals surface area contributed by atoms with Gasteiger partial charge in [-0.25, -0.2) is 19.0 Å². The number of hydrogen-bond acceptors (Lipinski definition) is 6. The number of rotatable bonds is 7. The van der Waals surface area contributed by atoms with Crippen LogP contribution in [0.4, 0.5) is 4.39 Å². The van der Waals surface area contributed by atoms with E-state index in [0.29, 0.717) is 36.6 Å². The number of benzene rings is 1. The van der Waals surface area contributed by atoms with Crippen LogP contribution in [0.2, 0.25) is 0 Å². The van der Waals surface area contributed by atoms with Gasteiger partial charge in [0.05, 0.1) is 6.54 Å². The van der Waals surface area contributed by atoms with Crippen molar-refractivity contribution >= 4 is 5.96 Å². The molecule has 3 aromatic rings. The summed E-state index contributed by atoms with van der Waals surface area (Å²) in [6.07, 6.45) is 3.53. The zero-order valence-corrected chi connectivity index (χ0v) is 18.1. The second kappa shape index (κ2) is 10.2. The van der Waals surface area contributed by atoms with Crippen molar-refractivity contribution < 1.29 is 13.9 Å². The molecule has 32 heavy (non-hydrogen) atoms. The predicted molar refractivity (Wildman–Crippen MR) is 117 cm³/mol. The molecule has 0 amide bonds. The van der Waals surface area contributed by atoms with Gasteiger partial charge in [0.2, 0.25) is 5.88 Å². The normalized spacial score (nSPS) is 15.8. The van der Waals surface area contributed by atoms with Crippen LogP contribution in [-0.2, 0) is 30.9 Å². The summed E-state index contributed by atoms with van der Waals surface area (Å²) in [5, 5.41) is 11.3. The smallest absolute Gasteiger partial charge is 0.219 e. The zero-order valence-electron chi connectivity index (χ0n) is 18.1. The molecule has 168 valence electrons.